The van der Waals surface area contributed by atoms with Crippen molar-refractivity contribution in [3.8, 4) is 17.1 Å². The smallest absolute Gasteiger partial charge is 0.198 e. The minimum absolute atomic E-state index is 0.319. The lowest BCUT2D eigenvalue weighted by atomic mass is 10.1. The summed E-state index contributed by atoms with van der Waals surface area (Å²) < 4.78 is 12.8. The van der Waals surface area contributed by atoms with Crippen LogP contribution in [0.2, 0.25) is 0 Å². The molecule has 1 aromatic carbocycles. The van der Waals surface area contributed by atoms with Crippen molar-refractivity contribution < 1.29 is 9.47 Å². The van der Waals surface area contributed by atoms with Crippen LogP contribution in [0.1, 0.15) is 0 Å². The minimum Gasteiger partial charge on any atom is -0.495 e. The molecule has 12 heteroatoms. The number of fused-ring (bicyclic) bond motifs is 1. The molecule has 0 unspecified atom stereocenters. The SMILES string of the molecule is COc1cc(Nc2nc(-c3cncc(N)n3)cn3ncnc23)ccc1N1CCN(C2COC2)CC1. The number of ether oxygens (including phenoxy) is 2. The van der Waals surface area contributed by atoms with Crippen molar-refractivity contribution in [3.63, 3.8) is 0 Å². The van der Waals surface area contributed by atoms with Crippen molar-refractivity contribution in [2.75, 3.05) is 62.5 Å². The molecule has 2 aliphatic heterocycles. The molecule has 5 heterocycles. The van der Waals surface area contributed by atoms with Crippen LogP contribution in [0.25, 0.3) is 17.0 Å². The first-order valence-electron chi connectivity index (χ1n) is 11.5. The van der Waals surface area contributed by atoms with Crippen molar-refractivity contribution >= 4 is 28.7 Å². The summed E-state index contributed by atoms with van der Waals surface area (Å²) in [5.41, 5.74) is 9.42. The molecule has 35 heavy (non-hydrogen) atoms. The zero-order valence-electron chi connectivity index (χ0n) is 19.3. The Balaban J connectivity index is 1.26. The predicted octanol–water partition coefficient (Wildman–Crippen LogP) is 1.44. The van der Waals surface area contributed by atoms with E-state index < -0.39 is 0 Å². The Hall–Kier alpha value is -4.03. The topological polar surface area (TPSA) is 132 Å². The van der Waals surface area contributed by atoms with Gasteiger partial charge in [-0.15, -0.1) is 0 Å². The third-order valence-corrected chi connectivity index (χ3v) is 6.41. The van der Waals surface area contributed by atoms with Crippen LogP contribution < -0.4 is 20.7 Å². The lowest BCUT2D eigenvalue weighted by Gasteiger charge is -2.43. The fraction of sp³-hybridized carbons (Fsp3) is 0.348. The summed E-state index contributed by atoms with van der Waals surface area (Å²) in [5.74, 6) is 1.65. The predicted molar refractivity (Wildman–Crippen MR) is 131 cm³/mol. The van der Waals surface area contributed by atoms with E-state index in [1.807, 2.05) is 12.1 Å². The van der Waals surface area contributed by atoms with Crippen molar-refractivity contribution in [1.82, 2.24) is 34.4 Å². The van der Waals surface area contributed by atoms with Crippen molar-refractivity contribution in [1.29, 1.82) is 0 Å². The molecule has 0 aliphatic carbocycles. The number of nitrogen functional groups attached to an aromatic ring is 1. The van der Waals surface area contributed by atoms with E-state index in [0.717, 1.165) is 56.5 Å². The van der Waals surface area contributed by atoms with Gasteiger partial charge in [0.2, 0.25) is 0 Å². The highest BCUT2D eigenvalue weighted by molar-refractivity contribution is 5.75. The van der Waals surface area contributed by atoms with Crippen LogP contribution in [-0.4, -0.2) is 87.0 Å². The average Bonchev–Trinajstić information content (AvgIpc) is 3.33. The molecule has 2 aliphatic rings. The van der Waals surface area contributed by atoms with Gasteiger partial charge in [0, 0.05) is 37.9 Å². The van der Waals surface area contributed by atoms with Gasteiger partial charge in [0.25, 0.3) is 0 Å². The van der Waals surface area contributed by atoms with Crippen LogP contribution in [0, 0.1) is 0 Å². The Morgan fingerprint density at radius 3 is 2.69 bits per heavy atom. The number of nitrogens with two attached hydrogens (primary N) is 1. The van der Waals surface area contributed by atoms with Gasteiger partial charge in [0.15, 0.2) is 11.5 Å². The second kappa shape index (κ2) is 8.96. The van der Waals surface area contributed by atoms with E-state index in [9.17, 15) is 0 Å². The molecule has 2 saturated heterocycles. The quantitative estimate of drug-likeness (QED) is 0.421. The van der Waals surface area contributed by atoms with Gasteiger partial charge in [0.1, 0.15) is 29.3 Å². The number of methoxy groups -OCH3 is 1. The summed E-state index contributed by atoms with van der Waals surface area (Å²) in [4.78, 5) is 22.4. The third kappa shape index (κ3) is 4.17. The number of nitrogens with one attached hydrogen (secondary N) is 1. The van der Waals surface area contributed by atoms with Crippen LogP contribution in [0.3, 0.4) is 0 Å². The first-order chi connectivity index (χ1) is 17.2. The van der Waals surface area contributed by atoms with Gasteiger partial charge in [0.05, 0.1) is 50.6 Å². The molecule has 0 atom stereocenters. The number of benzene rings is 1. The molecule has 6 rings (SSSR count). The molecule has 3 aromatic heterocycles. The van der Waals surface area contributed by atoms with Crippen LogP contribution in [0.15, 0.2) is 43.1 Å². The van der Waals surface area contributed by atoms with E-state index >= 15 is 0 Å². The monoisotopic (exact) mass is 474 g/mol. The summed E-state index contributed by atoms with van der Waals surface area (Å²) in [6.07, 6.45) is 6.33. The highest BCUT2D eigenvalue weighted by Gasteiger charge is 2.29. The molecule has 3 N–H and O–H groups in total. The number of hydrogen-bond acceptors (Lipinski definition) is 11. The standard InChI is InChI=1S/C23H26N10O2/c1-34-20-8-15(2-3-19(20)32-6-4-31(5-7-32)16-12-35-13-16)28-22-23-26-14-27-33(23)11-18(30-22)17-9-25-10-21(24)29-17/h2-3,8-11,14,16H,4-7,12-13H2,1H3,(H2,24,29)(H,28,30). The van der Waals surface area contributed by atoms with E-state index in [1.54, 1.807) is 24.0 Å². The fourth-order valence-electron chi connectivity index (χ4n) is 4.46. The first kappa shape index (κ1) is 21.5. The number of nitrogens with zero attached hydrogens (tertiary/aromatic N) is 8. The maximum absolute atomic E-state index is 5.81. The zero-order valence-corrected chi connectivity index (χ0v) is 19.3. The van der Waals surface area contributed by atoms with E-state index in [2.05, 4.69) is 41.2 Å². The molecule has 0 radical (unpaired) electrons. The molecular weight excluding hydrogens is 448 g/mol. The molecule has 0 amide bonds. The van der Waals surface area contributed by atoms with Crippen molar-refractivity contribution in [2.45, 2.75) is 6.04 Å². The fourth-order valence-corrected chi connectivity index (χ4v) is 4.46. The van der Waals surface area contributed by atoms with Gasteiger partial charge in [-0.05, 0) is 12.1 Å². The molecule has 12 nitrogen and oxygen atoms in total. The second-order valence-electron chi connectivity index (χ2n) is 8.56. The van der Waals surface area contributed by atoms with E-state index in [4.69, 9.17) is 20.2 Å². The summed E-state index contributed by atoms with van der Waals surface area (Å²) >= 11 is 0. The summed E-state index contributed by atoms with van der Waals surface area (Å²) in [6, 6.07) is 6.65. The van der Waals surface area contributed by atoms with E-state index in [1.165, 1.54) is 12.5 Å². The average molecular weight is 475 g/mol. The number of aromatic nitrogens is 6. The summed E-state index contributed by atoms with van der Waals surface area (Å²) in [5, 5.41) is 7.64. The zero-order chi connectivity index (χ0) is 23.8. The van der Waals surface area contributed by atoms with E-state index in [0.29, 0.717) is 34.7 Å². The van der Waals surface area contributed by atoms with Gasteiger partial charge in [-0.1, -0.05) is 0 Å². The van der Waals surface area contributed by atoms with Crippen molar-refractivity contribution in [2.24, 2.45) is 0 Å². The maximum atomic E-state index is 5.81. The minimum atomic E-state index is 0.319. The lowest BCUT2D eigenvalue weighted by Crippen LogP contribution is -2.56. The Kier molecular flexibility index (Phi) is 5.51. The molecule has 0 bridgehead atoms. The molecular formula is C23H26N10O2. The number of hydrogen-bond donors (Lipinski definition) is 2. The first-order valence-corrected chi connectivity index (χ1v) is 11.5. The highest BCUT2D eigenvalue weighted by atomic mass is 16.5. The third-order valence-electron chi connectivity index (χ3n) is 6.41. The summed E-state index contributed by atoms with van der Waals surface area (Å²) in [6.45, 7) is 5.64. The van der Waals surface area contributed by atoms with Crippen LogP contribution >= 0.6 is 0 Å². The second-order valence-corrected chi connectivity index (χ2v) is 8.56. The number of anilines is 4. The molecule has 0 spiro atoms. The Morgan fingerprint density at radius 1 is 1.09 bits per heavy atom. The normalized spacial score (nSPS) is 16.9. The largest absolute Gasteiger partial charge is 0.495 e. The highest BCUT2D eigenvalue weighted by Crippen LogP contribution is 2.34. The van der Waals surface area contributed by atoms with Gasteiger partial charge in [-0.2, -0.15) is 5.10 Å². The Bertz CT molecular complexity index is 1350. The maximum Gasteiger partial charge on any atom is 0.198 e. The van der Waals surface area contributed by atoms with Gasteiger partial charge in [-0.25, -0.2) is 19.5 Å². The molecule has 4 aromatic rings. The Labute approximate surface area is 201 Å². The lowest BCUT2D eigenvalue weighted by molar-refractivity contribution is -0.0660. The summed E-state index contributed by atoms with van der Waals surface area (Å²) in [7, 11) is 1.69. The van der Waals surface area contributed by atoms with Gasteiger partial charge >= 0.3 is 0 Å². The van der Waals surface area contributed by atoms with Crippen LogP contribution in [0.5, 0.6) is 5.75 Å². The number of rotatable bonds is 6. The van der Waals surface area contributed by atoms with Crippen molar-refractivity contribution in [3.05, 3.63) is 43.1 Å². The number of piperazine rings is 1. The Morgan fingerprint density at radius 2 is 1.94 bits per heavy atom. The molecule has 180 valence electrons. The van der Waals surface area contributed by atoms with Crippen LogP contribution in [-0.2, 0) is 4.74 Å². The molecule has 2 fully saturated rings. The van der Waals surface area contributed by atoms with Crippen LogP contribution in [0.4, 0.5) is 23.0 Å². The van der Waals surface area contributed by atoms with Gasteiger partial charge < -0.3 is 25.4 Å². The van der Waals surface area contributed by atoms with E-state index in [-0.39, 0.29) is 0 Å². The molecule has 0 saturated carbocycles. The van der Waals surface area contributed by atoms with Gasteiger partial charge in [-0.3, -0.25) is 9.88 Å².